The Labute approximate surface area is 208 Å². The van der Waals surface area contributed by atoms with Crippen LogP contribution in [0.15, 0.2) is 72.9 Å². The molecule has 2 heterocycles. The summed E-state index contributed by atoms with van der Waals surface area (Å²) in [5, 5.41) is 3.83. The predicted octanol–water partition coefficient (Wildman–Crippen LogP) is 4.52. The molecule has 0 saturated heterocycles. The van der Waals surface area contributed by atoms with E-state index in [9.17, 15) is 9.59 Å². The van der Waals surface area contributed by atoms with Gasteiger partial charge in [-0.15, -0.1) is 0 Å². The molecule has 0 bridgehead atoms. The summed E-state index contributed by atoms with van der Waals surface area (Å²) in [4.78, 5) is 24.5. The Hall–Kier alpha value is -4.30. The molecule has 0 aliphatic carbocycles. The average Bonchev–Trinajstić information content (AvgIpc) is 3.29. The lowest BCUT2D eigenvalue weighted by molar-refractivity contribution is -0.120. The third-order valence-electron chi connectivity index (χ3n) is 5.92. The Morgan fingerprint density at radius 1 is 0.972 bits per heavy atom. The zero-order chi connectivity index (χ0) is 24.9. The minimum absolute atomic E-state index is 0.0907. The molecule has 8 heteroatoms. The zero-order valence-corrected chi connectivity index (χ0v) is 19.9. The molecule has 1 aromatic heterocycles. The first kappa shape index (κ1) is 23.4. The summed E-state index contributed by atoms with van der Waals surface area (Å²) in [5.74, 6) is 0.625. The highest BCUT2D eigenvalue weighted by molar-refractivity contribution is 6.00. The molecule has 1 aliphatic heterocycles. The van der Waals surface area contributed by atoms with E-state index in [-0.39, 0.29) is 12.5 Å². The van der Waals surface area contributed by atoms with Crippen molar-refractivity contribution in [3.05, 3.63) is 78.5 Å². The SMILES string of the molecule is COC(=O)c1ccc2c(-c3ccccc3)cn(CCOCC(=O)Nc3ccc4c(c3)OCCO4)c2c1. The number of benzene rings is 3. The monoisotopic (exact) mass is 486 g/mol. The Kier molecular flexibility index (Phi) is 6.86. The van der Waals surface area contributed by atoms with E-state index in [2.05, 4.69) is 5.32 Å². The fraction of sp³-hybridized carbons (Fsp3) is 0.214. The van der Waals surface area contributed by atoms with Crippen LogP contribution in [-0.4, -0.2) is 50.0 Å². The van der Waals surface area contributed by atoms with Gasteiger partial charge in [-0.25, -0.2) is 4.79 Å². The van der Waals surface area contributed by atoms with E-state index < -0.39 is 5.97 Å². The first-order valence-electron chi connectivity index (χ1n) is 11.7. The first-order valence-corrected chi connectivity index (χ1v) is 11.7. The number of rotatable bonds is 8. The number of anilines is 1. The van der Waals surface area contributed by atoms with E-state index in [0.717, 1.165) is 22.0 Å². The highest BCUT2D eigenvalue weighted by atomic mass is 16.6. The number of nitrogens with zero attached hydrogens (tertiary/aromatic N) is 1. The lowest BCUT2D eigenvalue weighted by atomic mass is 10.0. The van der Waals surface area contributed by atoms with Gasteiger partial charge in [-0.05, 0) is 29.8 Å². The average molecular weight is 487 g/mol. The van der Waals surface area contributed by atoms with Crippen molar-refractivity contribution in [3.63, 3.8) is 0 Å². The van der Waals surface area contributed by atoms with Crippen LogP contribution in [0.2, 0.25) is 0 Å². The topological polar surface area (TPSA) is 88.0 Å². The number of methoxy groups -OCH3 is 1. The van der Waals surface area contributed by atoms with Crippen molar-refractivity contribution in [2.24, 2.45) is 0 Å². The van der Waals surface area contributed by atoms with E-state index in [1.54, 1.807) is 24.3 Å². The van der Waals surface area contributed by atoms with Crippen LogP contribution in [0.4, 0.5) is 5.69 Å². The number of carbonyl (C=O) groups is 2. The number of esters is 1. The molecule has 0 atom stereocenters. The molecule has 1 aliphatic rings. The van der Waals surface area contributed by atoms with Gasteiger partial charge in [0, 0.05) is 41.0 Å². The van der Waals surface area contributed by atoms with E-state index in [1.807, 2.05) is 53.2 Å². The summed E-state index contributed by atoms with van der Waals surface area (Å²) in [7, 11) is 1.37. The molecule has 5 rings (SSSR count). The van der Waals surface area contributed by atoms with Gasteiger partial charge in [-0.3, -0.25) is 4.79 Å². The minimum atomic E-state index is -0.391. The predicted molar refractivity (Wildman–Crippen MR) is 136 cm³/mol. The van der Waals surface area contributed by atoms with Crippen LogP contribution in [0, 0.1) is 0 Å². The molecule has 3 aromatic carbocycles. The van der Waals surface area contributed by atoms with Gasteiger partial charge in [0.1, 0.15) is 19.8 Å². The number of ether oxygens (including phenoxy) is 4. The number of hydrogen-bond acceptors (Lipinski definition) is 6. The fourth-order valence-corrected chi connectivity index (χ4v) is 4.22. The molecule has 184 valence electrons. The smallest absolute Gasteiger partial charge is 0.337 e. The molecular weight excluding hydrogens is 460 g/mol. The Morgan fingerprint density at radius 3 is 2.58 bits per heavy atom. The van der Waals surface area contributed by atoms with E-state index in [4.69, 9.17) is 18.9 Å². The first-order chi connectivity index (χ1) is 17.6. The van der Waals surface area contributed by atoms with Crippen molar-refractivity contribution in [2.75, 3.05) is 38.9 Å². The van der Waals surface area contributed by atoms with E-state index >= 15 is 0 Å². The van der Waals surface area contributed by atoms with Gasteiger partial charge in [0.05, 0.1) is 19.3 Å². The third-order valence-corrected chi connectivity index (χ3v) is 5.92. The second-order valence-corrected chi connectivity index (χ2v) is 8.28. The van der Waals surface area contributed by atoms with Gasteiger partial charge in [-0.1, -0.05) is 36.4 Å². The number of aromatic nitrogens is 1. The van der Waals surface area contributed by atoms with Crippen LogP contribution in [0.25, 0.3) is 22.0 Å². The number of carbonyl (C=O) groups excluding carboxylic acids is 2. The summed E-state index contributed by atoms with van der Waals surface area (Å²) >= 11 is 0. The molecule has 0 fully saturated rings. The molecule has 1 N–H and O–H groups in total. The second-order valence-electron chi connectivity index (χ2n) is 8.28. The maximum atomic E-state index is 12.4. The molecule has 0 unspecified atom stereocenters. The van der Waals surface area contributed by atoms with Crippen LogP contribution >= 0.6 is 0 Å². The lowest BCUT2D eigenvalue weighted by Gasteiger charge is -2.19. The van der Waals surface area contributed by atoms with Crippen molar-refractivity contribution in [2.45, 2.75) is 6.54 Å². The summed E-state index contributed by atoms with van der Waals surface area (Å²) in [5.41, 5.74) is 4.11. The lowest BCUT2D eigenvalue weighted by Crippen LogP contribution is -2.20. The molecule has 36 heavy (non-hydrogen) atoms. The molecule has 4 aromatic rings. The van der Waals surface area contributed by atoms with E-state index in [1.165, 1.54) is 7.11 Å². The third kappa shape index (κ3) is 5.04. The summed E-state index contributed by atoms with van der Waals surface area (Å²) in [6.45, 7) is 1.72. The van der Waals surface area contributed by atoms with Gasteiger partial charge >= 0.3 is 5.97 Å². The molecule has 1 amide bonds. The Morgan fingerprint density at radius 2 is 1.78 bits per heavy atom. The minimum Gasteiger partial charge on any atom is -0.486 e. The van der Waals surface area contributed by atoms with Crippen molar-refractivity contribution in [1.82, 2.24) is 4.57 Å². The fourth-order valence-electron chi connectivity index (χ4n) is 4.22. The molecular formula is C28H26N2O6. The number of hydrogen-bond donors (Lipinski definition) is 1. The quantitative estimate of drug-likeness (QED) is 0.291. The van der Waals surface area contributed by atoms with Crippen LogP contribution in [0.1, 0.15) is 10.4 Å². The van der Waals surface area contributed by atoms with Crippen molar-refractivity contribution in [3.8, 4) is 22.6 Å². The van der Waals surface area contributed by atoms with Crippen LogP contribution in [0.3, 0.4) is 0 Å². The standard InChI is InChI=1S/C28H26N2O6/c1-33-28(32)20-7-9-22-23(19-5-3-2-4-6-19)17-30(24(22)15-20)11-12-34-18-27(31)29-21-8-10-25-26(16-21)36-14-13-35-25/h2-10,15-17H,11-14,18H2,1H3,(H,29,31). The van der Waals surface area contributed by atoms with Crippen molar-refractivity contribution in [1.29, 1.82) is 0 Å². The second kappa shape index (κ2) is 10.5. The van der Waals surface area contributed by atoms with Gasteiger partial charge in [0.25, 0.3) is 0 Å². The molecule has 0 saturated carbocycles. The molecule has 0 radical (unpaired) electrons. The van der Waals surface area contributed by atoms with Crippen LogP contribution in [0.5, 0.6) is 11.5 Å². The maximum Gasteiger partial charge on any atom is 0.337 e. The highest BCUT2D eigenvalue weighted by Gasteiger charge is 2.15. The van der Waals surface area contributed by atoms with Gasteiger partial charge in [0.15, 0.2) is 11.5 Å². The Bertz CT molecular complexity index is 1400. The summed E-state index contributed by atoms with van der Waals surface area (Å²) < 4.78 is 23.6. The van der Waals surface area contributed by atoms with Crippen LogP contribution in [-0.2, 0) is 20.8 Å². The Balaban J connectivity index is 1.25. The van der Waals surface area contributed by atoms with Crippen LogP contribution < -0.4 is 14.8 Å². The number of fused-ring (bicyclic) bond motifs is 2. The number of amides is 1. The van der Waals surface area contributed by atoms with Gasteiger partial charge in [-0.2, -0.15) is 0 Å². The zero-order valence-electron chi connectivity index (χ0n) is 19.9. The molecule has 8 nitrogen and oxygen atoms in total. The molecule has 0 spiro atoms. The van der Waals surface area contributed by atoms with Crippen molar-refractivity contribution >= 4 is 28.5 Å². The van der Waals surface area contributed by atoms with Gasteiger partial charge in [0.2, 0.25) is 5.91 Å². The largest absolute Gasteiger partial charge is 0.486 e. The van der Waals surface area contributed by atoms with E-state index in [0.29, 0.717) is 49.1 Å². The van der Waals surface area contributed by atoms with Gasteiger partial charge < -0.3 is 28.8 Å². The maximum absolute atomic E-state index is 12.4. The summed E-state index contributed by atoms with van der Waals surface area (Å²) in [6, 6.07) is 20.8. The summed E-state index contributed by atoms with van der Waals surface area (Å²) in [6.07, 6.45) is 2.04. The normalized spacial score (nSPS) is 12.4. The number of nitrogens with one attached hydrogen (secondary N) is 1. The highest BCUT2D eigenvalue weighted by Crippen LogP contribution is 2.33. The van der Waals surface area contributed by atoms with Crippen molar-refractivity contribution < 1.29 is 28.5 Å².